The Hall–Kier alpha value is -3.55. The highest BCUT2D eigenvalue weighted by atomic mass is 19.1. The Bertz CT molecular complexity index is 1230. The number of amides is 1. The third kappa shape index (κ3) is 3.80. The highest BCUT2D eigenvalue weighted by Crippen LogP contribution is 2.27. The van der Waals surface area contributed by atoms with Gasteiger partial charge in [-0.15, -0.1) is 0 Å². The lowest BCUT2D eigenvalue weighted by Gasteiger charge is -2.14. The summed E-state index contributed by atoms with van der Waals surface area (Å²) in [6.45, 7) is 5.67. The van der Waals surface area contributed by atoms with Gasteiger partial charge < -0.3 is 9.84 Å². The molecule has 30 heavy (non-hydrogen) atoms. The van der Waals surface area contributed by atoms with E-state index in [-0.39, 0.29) is 23.5 Å². The SMILES string of the molecule is Cc1nn(C)cc1C[C@H](C)NC(=O)c1cc(-c2ccc(F)cc2)nc2onc(C)c12. The predicted molar refractivity (Wildman–Crippen MR) is 111 cm³/mol. The van der Waals surface area contributed by atoms with Crippen molar-refractivity contribution >= 4 is 17.0 Å². The Morgan fingerprint density at radius 3 is 2.63 bits per heavy atom. The number of fused-ring (bicyclic) bond motifs is 1. The van der Waals surface area contributed by atoms with Crippen molar-refractivity contribution in [3.63, 3.8) is 0 Å². The van der Waals surface area contributed by atoms with Crippen molar-refractivity contribution in [2.45, 2.75) is 33.2 Å². The molecular weight excluding hydrogens is 385 g/mol. The zero-order chi connectivity index (χ0) is 21.4. The van der Waals surface area contributed by atoms with Crippen LogP contribution in [0.3, 0.4) is 0 Å². The Balaban J connectivity index is 1.66. The smallest absolute Gasteiger partial charge is 0.259 e. The summed E-state index contributed by atoms with van der Waals surface area (Å²) in [5, 5.41) is 11.9. The lowest BCUT2D eigenvalue weighted by atomic mass is 10.0. The van der Waals surface area contributed by atoms with Crippen molar-refractivity contribution in [3.05, 3.63) is 64.9 Å². The van der Waals surface area contributed by atoms with E-state index in [0.29, 0.717) is 34.3 Å². The molecule has 0 radical (unpaired) electrons. The zero-order valence-corrected chi connectivity index (χ0v) is 17.2. The van der Waals surface area contributed by atoms with Crippen molar-refractivity contribution < 1.29 is 13.7 Å². The van der Waals surface area contributed by atoms with Gasteiger partial charge in [0.05, 0.1) is 28.0 Å². The molecule has 1 aromatic carbocycles. The predicted octanol–water partition coefficient (Wildman–Crippen LogP) is 3.74. The summed E-state index contributed by atoms with van der Waals surface area (Å²) in [5.41, 5.74) is 4.50. The van der Waals surface area contributed by atoms with Crippen molar-refractivity contribution in [2.75, 3.05) is 0 Å². The number of halogens is 1. The minimum atomic E-state index is -0.340. The molecular formula is C22H22FN5O2. The average Bonchev–Trinajstić information content (AvgIpc) is 3.23. The lowest BCUT2D eigenvalue weighted by Crippen LogP contribution is -2.34. The van der Waals surface area contributed by atoms with Crippen LogP contribution in [-0.4, -0.2) is 31.9 Å². The normalized spacial score (nSPS) is 12.3. The van der Waals surface area contributed by atoms with E-state index in [1.165, 1.54) is 12.1 Å². The van der Waals surface area contributed by atoms with Crippen LogP contribution in [-0.2, 0) is 13.5 Å². The number of nitrogens with zero attached hydrogens (tertiary/aromatic N) is 4. The summed E-state index contributed by atoms with van der Waals surface area (Å²) in [5.74, 6) is -0.584. The Labute approximate surface area is 172 Å². The van der Waals surface area contributed by atoms with Crippen molar-refractivity contribution in [1.82, 2.24) is 25.2 Å². The summed E-state index contributed by atoms with van der Waals surface area (Å²) < 4.78 is 20.4. The van der Waals surface area contributed by atoms with Gasteiger partial charge in [0.25, 0.3) is 11.6 Å². The fraction of sp³-hybridized carbons (Fsp3) is 0.273. The molecule has 0 spiro atoms. The van der Waals surface area contributed by atoms with Crippen LogP contribution in [0.4, 0.5) is 4.39 Å². The van der Waals surface area contributed by atoms with Crippen molar-refractivity contribution in [3.8, 4) is 11.3 Å². The Morgan fingerprint density at radius 2 is 1.97 bits per heavy atom. The molecule has 4 aromatic rings. The molecule has 0 fully saturated rings. The molecule has 0 aliphatic carbocycles. The fourth-order valence-corrected chi connectivity index (χ4v) is 3.57. The molecule has 1 N–H and O–H groups in total. The molecule has 0 saturated carbocycles. The molecule has 0 bridgehead atoms. The summed E-state index contributed by atoms with van der Waals surface area (Å²) in [4.78, 5) is 17.6. The monoisotopic (exact) mass is 407 g/mol. The van der Waals surface area contributed by atoms with Crippen LogP contribution in [0, 0.1) is 19.7 Å². The molecule has 7 nitrogen and oxygen atoms in total. The second kappa shape index (κ2) is 7.70. The molecule has 0 unspecified atom stereocenters. The first kappa shape index (κ1) is 19.8. The number of hydrogen-bond donors (Lipinski definition) is 1. The number of carbonyl (C=O) groups excluding carboxylic acids is 1. The number of pyridine rings is 1. The first-order valence-corrected chi connectivity index (χ1v) is 9.64. The molecule has 3 aromatic heterocycles. The molecule has 154 valence electrons. The molecule has 8 heteroatoms. The van der Waals surface area contributed by atoms with Crippen LogP contribution in [0.2, 0.25) is 0 Å². The van der Waals surface area contributed by atoms with Gasteiger partial charge in [-0.1, -0.05) is 5.16 Å². The Morgan fingerprint density at radius 1 is 1.23 bits per heavy atom. The Kier molecular flexibility index (Phi) is 5.07. The van der Waals surface area contributed by atoms with Gasteiger partial charge in [0, 0.05) is 24.8 Å². The number of benzene rings is 1. The van der Waals surface area contributed by atoms with Crippen molar-refractivity contribution in [2.24, 2.45) is 7.05 Å². The molecule has 3 heterocycles. The number of carbonyl (C=O) groups is 1. The van der Waals surface area contributed by atoms with E-state index in [2.05, 4.69) is 20.6 Å². The topological polar surface area (TPSA) is 85.8 Å². The van der Waals surface area contributed by atoms with Gasteiger partial charge in [-0.3, -0.25) is 9.48 Å². The van der Waals surface area contributed by atoms with Crippen LogP contribution in [0.5, 0.6) is 0 Å². The van der Waals surface area contributed by atoms with Gasteiger partial charge in [-0.25, -0.2) is 9.37 Å². The van der Waals surface area contributed by atoms with E-state index in [1.807, 2.05) is 27.1 Å². The highest BCUT2D eigenvalue weighted by Gasteiger charge is 2.21. The number of aromatic nitrogens is 4. The first-order chi connectivity index (χ1) is 14.3. The summed E-state index contributed by atoms with van der Waals surface area (Å²) in [6, 6.07) is 7.51. The maximum Gasteiger partial charge on any atom is 0.259 e. The van der Waals surface area contributed by atoms with Crippen LogP contribution < -0.4 is 5.32 Å². The highest BCUT2D eigenvalue weighted by molar-refractivity contribution is 6.07. The van der Waals surface area contributed by atoms with Gasteiger partial charge in [-0.05, 0) is 63.1 Å². The summed E-state index contributed by atoms with van der Waals surface area (Å²) in [6.07, 6.45) is 2.62. The van der Waals surface area contributed by atoms with Crippen LogP contribution in [0.1, 0.15) is 34.2 Å². The molecule has 4 rings (SSSR count). The van der Waals surface area contributed by atoms with Crippen LogP contribution in [0.15, 0.2) is 41.1 Å². The standard InChI is InChI=1S/C22H22FN5O2/c1-12(9-16-11-28(4)26-13(16)2)24-21(29)18-10-19(15-5-7-17(23)8-6-15)25-22-20(18)14(3)27-30-22/h5-8,10-12H,9H2,1-4H3,(H,24,29)/t12-/m0/s1. The summed E-state index contributed by atoms with van der Waals surface area (Å²) >= 11 is 0. The number of nitrogens with one attached hydrogen (secondary N) is 1. The minimum absolute atomic E-state index is 0.113. The van der Waals surface area contributed by atoms with Gasteiger partial charge in [-0.2, -0.15) is 5.10 Å². The average molecular weight is 407 g/mol. The molecule has 0 aliphatic rings. The number of aryl methyl sites for hydroxylation is 3. The van der Waals surface area contributed by atoms with E-state index < -0.39 is 0 Å². The van der Waals surface area contributed by atoms with E-state index in [9.17, 15) is 9.18 Å². The van der Waals surface area contributed by atoms with E-state index in [1.54, 1.807) is 29.8 Å². The fourth-order valence-electron chi connectivity index (χ4n) is 3.57. The summed E-state index contributed by atoms with van der Waals surface area (Å²) in [7, 11) is 1.87. The van der Waals surface area contributed by atoms with Gasteiger partial charge in [0.15, 0.2) is 0 Å². The number of hydrogen-bond acceptors (Lipinski definition) is 5. The second-order valence-electron chi connectivity index (χ2n) is 7.50. The molecule has 1 atom stereocenters. The van der Waals surface area contributed by atoms with E-state index >= 15 is 0 Å². The van der Waals surface area contributed by atoms with Crippen LogP contribution >= 0.6 is 0 Å². The minimum Gasteiger partial charge on any atom is -0.349 e. The quantitative estimate of drug-likeness (QED) is 0.545. The molecule has 1 amide bonds. The van der Waals surface area contributed by atoms with Gasteiger partial charge in [0.2, 0.25) is 0 Å². The first-order valence-electron chi connectivity index (χ1n) is 9.64. The van der Waals surface area contributed by atoms with Crippen molar-refractivity contribution in [1.29, 1.82) is 0 Å². The maximum absolute atomic E-state index is 13.3. The maximum atomic E-state index is 13.3. The van der Waals surface area contributed by atoms with Gasteiger partial charge in [0.1, 0.15) is 5.82 Å². The largest absolute Gasteiger partial charge is 0.349 e. The molecule has 0 aliphatic heterocycles. The van der Waals surface area contributed by atoms with E-state index in [0.717, 1.165) is 11.3 Å². The van der Waals surface area contributed by atoms with Gasteiger partial charge >= 0.3 is 0 Å². The third-order valence-corrected chi connectivity index (χ3v) is 5.02. The lowest BCUT2D eigenvalue weighted by molar-refractivity contribution is 0.0941. The number of rotatable bonds is 5. The molecule has 0 saturated heterocycles. The van der Waals surface area contributed by atoms with E-state index in [4.69, 9.17) is 4.52 Å². The third-order valence-electron chi connectivity index (χ3n) is 5.02. The zero-order valence-electron chi connectivity index (χ0n) is 17.2. The second-order valence-corrected chi connectivity index (χ2v) is 7.50. The van der Waals surface area contributed by atoms with Crippen LogP contribution in [0.25, 0.3) is 22.4 Å².